The molecule has 1 aliphatic heterocycles. The van der Waals surface area contributed by atoms with Gasteiger partial charge in [0.25, 0.3) is 0 Å². The van der Waals surface area contributed by atoms with E-state index in [1.165, 1.54) is 10.8 Å². The van der Waals surface area contributed by atoms with Gasteiger partial charge >= 0.3 is 0 Å². The second-order valence-corrected chi connectivity index (χ2v) is 7.57. The molecule has 1 aromatic carbocycles. The van der Waals surface area contributed by atoms with Gasteiger partial charge in [-0.2, -0.15) is 0 Å². The zero-order chi connectivity index (χ0) is 18.8. The van der Waals surface area contributed by atoms with Crippen molar-refractivity contribution < 1.29 is 0 Å². The van der Waals surface area contributed by atoms with Crippen LogP contribution < -0.4 is 4.90 Å². The number of piperidine rings is 1. The van der Waals surface area contributed by atoms with E-state index in [4.69, 9.17) is 0 Å². The molecule has 0 amide bonds. The standard InChI is InChI=1S/C21H28N6/c1-4-27-19(15-25(2)3)23-24-20(27)17-10-13-26(14-11-17)21-18-8-6-5-7-16(18)9-12-22-21/h5-9,12,17H,4,10-11,13-15H2,1-3H3. The molecule has 1 fully saturated rings. The summed E-state index contributed by atoms with van der Waals surface area (Å²) in [7, 11) is 4.15. The maximum atomic E-state index is 4.69. The lowest BCUT2D eigenvalue weighted by atomic mass is 9.95. The highest BCUT2D eigenvalue weighted by molar-refractivity contribution is 5.92. The maximum absolute atomic E-state index is 4.69. The third kappa shape index (κ3) is 3.54. The Kier molecular flexibility index (Phi) is 5.07. The number of aromatic nitrogens is 4. The van der Waals surface area contributed by atoms with Gasteiger partial charge in [-0.3, -0.25) is 0 Å². The van der Waals surface area contributed by atoms with Crippen molar-refractivity contribution in [3.8, 4) is 0 Å². The van der Waals surface area contributed by atoms with Crippen molar-refractivity contribution >= 4 is 16.6 Å². The lowest BCUT2D eigenvalue weighted by molar-refractivity contribution is 0.377. The fourth-order valence-corrected chi connectivity index (χ4v) is 4.10. The minimum Gasteiger partial charge on any atom is -0.356 e. The molecule has 4 rings (SSSR count). The molecule has 142 valence electrons. The Labute approximate surface area is 160 Å². The van der Waals surface area contributed by atoms with E-state index in [2.05, 4.69) is 80.9 Å². The maximum Gasteiger partial charge on any atom is 0.147 e. The van der Waals surface area contributed by atoms with E-state index >= 15 is 0 Å². The van der Waals surface area contributed by atoms with Gasteiger partial charge in [-0.15, -0.1) is 10.2 Å². The Hall–Kier alpha value is -2.47. The molecule has 0 bridgehead atoms. The first-order valence-corrected chi connectivity index (χ1v) is 9.82. The molecule has 1 aliphatic rings. The van der Waals surface area contributed by atoms with Crippen molar-refractivity contribution in [2.24, 2.45) is 0 Å². The molecule has 0 atom stereocenters. The first kappa shape index (κ1) is 17.9. The summed E-state index contributed by atoms with van der Waals surface area (Å²) in [5.41, 5.74) is 0. The fraction of sp³-hybridized carbons (Fsp3) is 0.476. The second kappa shape index (κ2) is 7.64. The number of anilines is 1. The summed E-state index contributed by atoms with van der Waals surface area (Å²) in [6, 6.07) is 10.6. The zero-order valence-corrected chi connectivity index (χ0v) is 16.5. The van der Waals surface area contributed by atoms with Crippen LogP contribution in [0, 0.1) is 0 Å². The van der Waals surface area contributed by atoms with Gasteiger partial charge in [-0.25, -0.2) is 4.98 Å². The van der Waals surface area contributed by atoms with Crippen LogP contribution in [0.1, 0.15) is 37.3 Å². The first-order chi connectivity index (χ1) is 13.2. The Morgan fingerprint density at radius 3 is 2.59 bits per heavy atom. The van der Waals surface area contributed by atoms with Gasteiger partial charge in [0.2, 0.25) is 0 Å². The fourth-order valence-electron chi connectivity index (χ4n) is 4.10. The molecular formula is C21H28N6. The summed E-state index contributed by atoms with van der Waals surface area (Å²) in [5.74, 6) is 3.80. The van der Waals surface area contributed by atoms with Crippen LogP contribution in [0.5, 0.6) is 0 Å². The lowest BCUT2D eigenvalue weighted by Crippen LogP contribution is -2.34. The van der Waals surface area contributed by atoms with Gasteiger partial charge in [0, 0.05) is 37.1 Å². The summed E-state index contributed by atoms with van der Waals surface area (Å²) in [5, 5.41) is 11.5. The Balaban J connectivity index is 1.52. The van der Waals surface area contributed by atoms with Crippen LogP contribution in [0.4, 0.5) is 5.82 Å². The topological polar surface area (TPSA) is 50.1 Å². The van der Waals surface area contributed by atoms with E-state index in [0.717, 1.165) is 56.5 Å². The average molecular weight is 364 g/mol. The Morgan fingerprint density at radius 1 is 1.07 bits per heavy atom. The van der Waals surface area contributed by atoms with Crippen molar-refractivity contribution in [3.05, 3.63) is 48.2 Å². The van der Waals surface area contributed by atoms with Gasteiger partial charge in [-0.05, 0) is 45.3 Å². The molecule has 0 spiro atoms. The smallest absolute Gasteiger partial charge is 0.147 e. The quantitative estimate of drug-likeness (QED) is 0.695. The number of hydrogen-bond acceptors (Lipinski definition) is 5. The molecule has 0 saturated carbocycles. The summed E-state index contributed by atoms with van der Waals surface area (Å²) in [6.45, 7) is 5.95. The molecule has 1 saturated heterocycles. The Bertz CT molecular complexity index is 903. The Morgan fingerprint density at radius 2 is 1.85 bits per heavy atom. The predicted molar refractivity (Wildman–Crippen MR) is 109 cm³/mol. The summed E-state index contributed by atoms with van der Waals surface area (Å²) in [4.78, 5) is 9.26. The molecule has 0 N–H and O–H groups in total. The van der Waals surface area contributed by atoms with E-state index < -0.39 is 0 Å². The highest BCUT2D eigenvalue weighted by Gasteiger charge is 2.27. The van der Waals surface area contributed by atoms with Gasteiger partial charge in [-0.1, -0.05) is 24.3 Å². The van der Waals surface area contributed by atoms with E-state index in [1.807, 2.05) is 6.20 Å². The summed E-state index contributed by atoms with van der Waals surface area (Å²) in [6.07, 6.45) is 4.10. The number of benzene rings is 1. The van der Waals surface area contributed by atoms with E-state index in [-0.39, 0.29) is 0 Å². The minimum atomic E-state index is 0.472. The zero-order valence-electron chi connectivity index (χ0n) is 16.5. The number of nitrogens with zero attached hydrogens (tertiary/aromatic N) is 6. The molecule has 2 aromatic heterocycles. The van der Waals surface area contributed by atoms with Crippen molar-refractivity contribution in [1.82, 2.24) is 24.6 Å². The normalized spacial score (nSPS) is 15.8. The number of hydrogen-bond donors (Lipinski definition) is 0. The van der Waals surface area contributed by atoms with Crippen LogP contribution in [0.25, 0.3) is 10.8 Å². The van der Waals surface area contributed by atoms with Crippen LogP contribution in [-0.2, 0) is 13.1 Å². The second-order valence-electron chi connectivity index (χ2n) is 7.57. The van der Waals surface area contributed by atoms with Crippen molar-refractivity contribution in [2.45, 2.75) is 38.8 Å². The predicted octanol–water partition coefficient (Wildman–Crippen LogP) is 3.29. The monoisotopic (exact) mass is 364 g/mol. The highest BCUT2D eigenvalue weighted by atomic mass is 15.3. The van der Waals surface area contributed by atoms with Crippen LogP contribution in [0.3, 0.4) is 0 Å². The first-order valence-electron chi connectivity index (χ1n) is 9.82. The van der Waals surface area contributed by atoms with E-state index in [0.29, 0.717) is 5.92 Å². The minimum absolute atomic E-state index is 0.472. The molecule has 27 heavy (non-hydrogen) atoms. The highest BCUT2D eigenvalue weighted by Crippen LogP contribution is 2.32. The molecule has 6 nitrogen and oxygen atoms in total. The van der Waals surface area contributed by atoms with E-state index in [9.17, 15) is 0 Å². The molecule has 6 heteroatoms. The summed E-state index contributed by atoms with van der Waals surface area (Å²) >= 11 is 0. The third-order valence-corrected chi connectivity index (χ3v) is 5.44. The number of pyridine rings is 1. The molecular weight excluding hydrogens is 336 g/mol. The largest absolute Gasteiger partial charge is 0.356 e. The number of fused-ring (bicyclic) bond motifs is 1. The van der Waals surface area contributed by atoms with Crippen LogP contribution in [-0.4, -0.2) is 51.8 Å². The summed E-state index contributed by atoms with van der Waals surface area (Å²) < 4.78 is 2.30. The van der Waals surface area contributed by atoms with Crippen LogP contribution in [0.15, 0.2) is 36.5 Å². The van der Waals surface area contributed by atoms with Crippen LogP contribution >= 0.6 is 0 Å². The third-order valence-electron chi connectivity index (χ3n) is 5.44. The van der Waals surface area contributed by atoms with Gasteiger partial charge in [0.05, 0.1) is 6.54 Å². The van der Waals surface area contributed by atoms with Gasteiger partial charge in [0.1, 0.15) is 17.5 Å². The molecule has 0 aliphatic carbocycles. The van der Waals surface area contributed by atoms with Crippen LogP contribution in [0.2, 0.25) is 0 Å². The van der Waals surface area contributed by atoms with Crippen molar-refractivity contribution in [1.29, 1.82) is 0 Å². The van der Waals surface area contributed by atoms with Crippen molar-refractivity contribution in [2.75, 3.05) is 32.1 Å². The average Bonchev–Trinajstić information content (AvgIpc) is 3.09. The SMILES string of the molecule is CCn1c(CN(C)C)nnc1C1CCN(c2nccc3ccccc23)CC1. The number of rotatable bonds is 5. The molecule has 3 aromatic rings. The lowest BCUT2D eigenvalue weighted by Gasteiger charge is -2.33. The van der Waals surface area contributed by atoms with Crippen molar-refractivity contribution in [3.63, 3.8) is 0 Å². The molecule has 0 unspecified atom stereocenters. The molecule has 0 radical (unpaired) electrons. The van der Waals surface area contributed by atoms with E-state index in [1.54, 1.807) is 0 Å². The van der Waals surface area contributed by atoms with Gasteiger partial charge < -0.3 is 14.4 Å². The van der Waals surface area contributed by atoms with Gasteiger partial charge in [0.15, 0.2) is 0 Å². The molecule has 3 heterocycles.